The maximum atomic E-state index is 6.19. The number of nitrogens with two attached hydrogens (primary N) is 1. The number of halogens is 2. The maximum Gasteiger partial charge on any atom is 0.150 e. The summed E-state index contributed by atoms with van der Waals surface area (Å²) in [7, 11) is 0. The van der Waals surface area contributed by atoms with Crippen molar-refractivity contribution in [3.8, 4) is 5.69 Å². The largest absolute Gasteiger partial charge is 0.383 e. The molecule has 20 heavy (non-hydrogen) atoms. The molecule has 6 heteroatoms. The Morgan fingerprint density at radius 1 is 1.25 bits per heavy atom. The van der Waals surface area contributed by atoms with Crippen molar-refractivity contribution in [1.82, 2.24) is 14.5 Å². The Balaban J connectivity index is 2.46. The maximum absolute atomic E-state index is 6.19. The summed E-state index contributed by atoms with van der Waals surface area (Å²) in [6.07, 6.45) is 1.48. The van der Waals surface area contributed by atoms with Crippen molar-refractivity contribution >= 4 is 44.4 Å². The Bertz CT molecular complexity index is 826. The number of nitrogens with zero attached hydrogens (tertiary/aromatic N) is 3. The average molecular weight is 352 g/mol. The number of nitrogen functional groups attached to an aromatic ring is 1. The summed E-state index contributed by atoms with van der Waals surface area (Å²) >= 11 is 9.72. The van der Waals surface area contributed by atoms with E-state index in [-0.39, 0.29) is 0 Å². The molecule has 1 aromatic carbocycles. The highest BCUT2D eigenvalue weighted by atomic mass is 79.9. The van der Waals surface area contributed by atoms with Crippen LogP contribution in [0.5, 0.6) is 0 Å². The molecule has 0 atom stereocenters. The number of anilines is 1. The van der Waals surface area contributed by atoms with E-state index in [1.54, 1.807) is 0 Å². The monoisotopic (exact) mass is 350 g/mol. The van der Waals surface area contributed by atoms with E-state index in [1.807, 2.05) is 36.6 Å². The molecule has 0 amide bonds. The average Bonchev–Trinajstić information content (AvgIpc) is 2.67. The number of rotatable bonds is 1. The second-order valence-corrected chi connectivity index (χ2v) is 5.78. The van der Waals surface area contributed by atoms with Crippen LogP contribution in [0.2, 0.25) is 5.02 Å². The van der Waals surface area contributed by atoms with Gasteiger partial charge in [-0.3, -0.25) is 4.57 Å². The van der Waals surface area contributed by atoms with Gasteiger partial charge in [-0.15, -0.1) is 0 Å². The van der Waals surface area contributed by atoms with E-state index in [0.717, 1.165) is 32.5 Å². The minimum absolute atomic E-state index is 0.493. The predicted molar refractivity (Wildman–Crippen MR) is 85.5 cm³/mol. The lowest BCUT2D eigenvalue weighted by atomic mass is 10.2. The van der Waals surface area contributed by atoms with Crippen molar-refractivity contribution in [3.05, 3.63) is 45.3 Å². The lowest BCUT2D eigenvalue weighted by Crippen LogP contribution is -2.00. The zero-order valence-corrected chi connectivity index (χ0v) is 13.3. The molecule has 0 saturated heterocycles. The Kier molecular flexibility index (Phi) is 3.18. The number of hydrogen-bond donors (Lipinski definition) is 1. The molecule has 0 radical (unpaired) electrons. The standard InChI is InChI=1S/C14H12BrClN4/c1-7-8(2)20(10-5-3-4-9(16)12(10)15)14-11(7)13(17)18-6-19-14/h3-6H,1-2H3,(H2,17,18,19). The summed E-state index contributed by atoms with van der Waals surface area (Å²) in [5, 5.41) is 1.54. The quantitative estimate of drug-likeness (QED) is 0.720. The molecule has 3 rings (SSSR count). The molecule has 4 nitrogen and oxygen atoms in total. The molecule has 0 aliphatic carbocycles. The Morgan fingerprint density at radius 3 is 2.75 bits per heavy atom. The third kappa shape index (κ3) is 1.81. The summed E-state index contributed by atoms with van der Waals surface area (Å²) in [4.78, 5) is 8.45. The molecule has 102 valence electrons. The van der Waals surface area contributed by atoms with Gasteiger partial charge in [0.25, 0.3) is 0 Å². The van der Waals surface area contributed by atoms with Crippen LogP contribution in [0.15, 0.2) is 29.0 Å². The normalized spacial score (nSPS) is 11.2. The molecule has 0 aliphatic rings. The summed E-state index contributed by atoms with van der Waals surface area (Å²) in [6, 6.07) is 5.74. The van der Waals surface area contributed by atoms with Crippen molar-refractivity contribution in [2.75, 3.05) is 5.73 Å². The lowest BCUT2D eigenvalue weighted by molar-refractivity contribution is 1.01. The van der Waals surface area contributed by atoms with Crippen LogP contribution in [0.1, 0.15) is 11.3 Å². The Hall–Kier alpha value is -1.59. The SMILES string of the molecule is Cc1c(C)n(-c2cccc(Cl)c2Br)c2ncnc(N)c12. The Labute approximate surface area is 129 Å². The highest BCUT2D eigenvalue weighted by Gasteiger charge is 2.18. The van der Waals surface area contributed by atoms with Gasteiger partial charge in [0.1, 0.15) is 12.1 Å². The zero-order valence-electron chi connectivity index (χ0n) is 11.0. The van der Waals surface area contributed by atoms with Crippen molar-refractivity contribution in [3.63, 3.8) is 0 Å². The fourth-order valence-electron chi connectivity index (χ4n) is 2.39. The molecule has 0 unspecified atom stereocenters. The van der Waals surface area contributed by atoms with Gasteiger partial charge in [0, 0.05) is 5.69 Å². The van der Waals surface area contributed by atoms with Gasteiger partial charge < -0.3 is 5.73 Å². The predicted octanol–water partition coefficient (Wildman–Crippen LogP) is 4.04. The zero-order chi connectivity index (χ0) is 14.4. The molecule has 0 saturated carbocycles. The number of benzene rings is 1. The first-order chi connectivity index (χ1) is 9.52. The van der Waals surface area contributed by atoms with E-state index in [2.05, 4.69) is 25.9 Å². The van der Waals surface area contributed by atoms with Crippen molar-refractivity contribution in [2.45, 2.75) is 13.8 Å². The van der Waals surface area contributed by atoms with Gasteiger partial charge in [-0.05, 0) is 47.5 Å². The van der Waals surface area contributed by atoms with Gasteiger partial charge in [0.05, 0.1) is 20.6 Å². The first-order valence-corrected chi connectivity index (χ1v) is 7.22. The minimum atomic E-state index is 0.493. The topological polar surface area (TPSA) is 56.7 Å². The number of aryl methyl sites for hydroxylation is 1. The Morgan fingerprint density at radius 2 is 2.00 bits per heavy atom. The summed E-state index contributed by atoms with van der Waals surface area (Å²) in [5.41, 5.74) is 9.85. The lowest BCUT2D eigenvalue weighted by Gasteiger charge is -2.11. The van der Waals surface area contributed by atoms with E-state index < -0.39 is 0 Å². The van der Waals surface area contributed by atoms with Crippen LogP contribution in [-0.2, 0) is 0 Å². The van der Waals surface area contributed by atoms with E-state index >= 15 is 0 Å². The van der Waals surface area contributed by atoms with Gasteiger partial charge in [0.15, 0.2) is 5.65 Å². The molecule has 0 fully saturated rings. The van der Waals surface area contributed by atoms with Crippen LogP contribution < -0.4 is 5.73 Å². The molecular formula is C14H12BrClN4. The van der Waals surface area contributed by atoms with Crippen LogP contribution in [0.25, 0.3) is 16.7 Å². The van der Waals surface area contributed by atoms with E-state index in [0.29, 0.717) is 10.8 Å². The molecule has 2 heterocycles. The summed E-state index contributed by atoms with van der Waals surface area (Å²) in [5.74, 6) is 0.493. The third-order valence-corrected chi connectivity index (χ3v) is 4.87. The number of aromatic nitrogens is 3. The molecule has 0 spiro atoms. The van der Waals surface area contributed by atoms with Crippen molar-refractivity contribution < 1.29 is 0 Å². The van der Waals surface area contributed by atoms with Crippen LogP contribution in [-0.4, -0.2) is 14.5 Å². The minimum Gasteiger partial charge on any atom is -0.383 e. The van der Waals surface area contributed by atoms with Crippen LogP contribution in [0.4, 0.5) is 5.82 Å². The van der Waals surface area contributed by atoms with Gasteiger partial charge in [-0.25, -0.2) is 9.97 Å². The van der Waals surface area contributed by atoms with Crippen molar-refractivity contribution in [1.29, 1.82) is 0 Å². The van der Waals surface area contributed by atoms with Crippen LogP contribution >= 0.6 is 27.5 Å². The fourth-order valence-corrected chi connectivity index (χ4v) is 3.00. The molecule has 3 aromatic rings. The summed E-state index contributed by atoms with van der Waals surface area (Å²) < 4.78 is 2.87. The van der Waals surface area contributed by atoms with E-state index in [1.165, 1.54) is 6.33 Å². The third-order valence-electron chi connectivity index (χ3n) is 3.49. The van der Waals surface area contributed by atoms with Crippen LogP contribution in [0, 0.1) is 13.8 Å². The van der Waals surface area contributed by atoms with E-state index in [9.17, 15) is 0 Å². The van der Waals surface area contributed by atoms with Crippen LogP contribution in [0.3, 0.4) is 0 Å². The van der Waals surface area contributed by atoms with Gasteiger partial charge in [-0.1, -0.05) is 17.7 Å². The van der Waals surface area contributed by atoms with Gasteiger partial charge in [0.2, 0.25) is 0 Å². The molecule has 0 aliphatic heterocycles. The molecule has 2 N–H and O–H groups in total. The second kappa shape index (κ2) is 4.75. The molecule has 2 aromatic heterocycles. The van der Waals surface area contributed by atoms with Crippen molar-refractivity contribution in [2.24, 2.45) is 0 Å². The van der Waals surface area contributed by atoms with Gasteiger partial charge in [-0.2, -0.15) is 0 Å². The first kappa shape index (κ1) is 13.4. The summed E-state index contributed by atoms with van der Waals surface area (Å²) in [6.45, 7) is 4.05. The highest BCUT2D eigenvalue weighted by Crippen LogP contribution is 2.35. The fraction of sp³-hybridized carbons (Fsp3) is 0.143. The second-order valence-electron chi connectivity index (χ2n) is 4.58. The smallest absolute Gasteiger partial charge is 0.150 e. The van der Waals surface area contributed by atoms with E-state index in [4.69, 9.17) is 17.3 Å². The number of hydrogen-bond acceptors (Lipinski definition) is 3. The first-order valence-electron chi connectivity index (χ1n) is 6.05. The number of fused-ring (bicyclic) bond motifs is 1. The highest BCUT2D eigenvalue weighted by molar-refractivity contribution is 9.10. The molecular weight excluding hydrogens is 340 g/mol. The molecule has 0 bridgehead atoms. The van der Waals surface area contributed by atoms with Gasteiger partial charge >= 0.3 is 0 Å².